The highest BCUT2D eigenvalue weighted by Gasteiger charge is 2.31. The van der Waals surface area contributed by atoms with Crippen molar-refractivity contribution < 1.29 is 14.3 Å². The van der Waals surface area contributed by atoms with Gasteiger partial charge < -0.3 is 24.8 Å². The number of fused-ring (bicyclic) bond motifs is 2. The van der Waals surface area contributed by atoms with Gasteiger partial charge in [-0.1, -0.05) is 18.2 Å². The van der Waals surface area contributed by atoms with Gasteiger partial charge in [0.15, 0.2) is 6.10 Å². The number of rotatable bonds is 6. The van der Waals surface area contributed by atoms with Gasteiger partial charge in [0, 0.05) is 35.9 Å². The topological polar surface area (TPSA) is 77.7 Å². The smallest absolute Gasteiger partial charge is 0.267 e. The average Bonchev–Trinajstić information content (AvgIpc) is 3.11. The van der Waals surface area contributed by atoms with E-state index in [1.807, 2.05) is 61.6 Å². The Morgan fingerprint density at radius 3 is 2.83 bits per heavy atom. The van der Waals surface area contributed by atoms with Crippen LogP contribution in [-0.2, 0) is 16.0 Å². The summed E-state index contributed by atoms with van der Waals surface area (Å²) in [6.45, 7) is 3.04. The van der Waals surface area contributed by atoms with E-state index in [1.165, 1.54) is 0 Å². The van der Waals surface area contributed by atoms with Crippen molar-refractivity contribution in [3.63, 3.8) is 0 Å². The number of nitrogens with one attached hydrogen (secondary N) is 2. The molecule has 7 heteroatoms. The zero-order valence-corrected chi connectivity index (χ0v) is 17.4. The van der Waals surface area contributed by atoms with Crippen LogP contribution >= 0.6 is 0 Å². The first-order valence-corrected chi connectivity index (χ1v) is 10.0. The number of carbonyl (C=O) groups is 2. The molecule has 1 aromatic heterocycles. The Hall–Kier alpha value is -3.32. The van der Waals surface area contributed by atoms with E-state index in [0.717, 1.165) is 23.0 Å². The minimum Gasteiger partial charge on any atom is -0.479 e. The molecule has 0 bridgehead atoms. The second-order valence-electron chi connectivity index (χ2n) is 7.82. The number of nitrogens with zero attached hydrogens (tertiary/aromatic N) is 2. The number of carbonyl (C=O) groups excluding carboxylic acids is 2. The molecule has 2 heterocycles. The number of aromatic nitrogens is 1. The van der Waals surface area contributed by atoms with Crippen molar-refractivity contribution in [1.29, 1.82) is 0 Å². The summed E-state index contributed by atoms with van der Waals surface area (Å²) in [6, 6.07) is 13.3. The highest BCUT2D eigenvalue weighted by Crippen LogP contribution is 2.36. The number of amides is 2. The number of anilines is 2. The maximum Gasteiger partial charge on any atom is 0.267 e. The lowest BCUT2D eigenvalue weighted by molar-refractivity contribution is -0.125. The molecule has 3 aromatic rings. The molecular weight excluding hydrogens is 380 g/mol. The van der Waals surface area contributed by atoms with E-state index in [1.54, 1.807) is 17.9 Å². The van der Waals surface area contributed by atoms with Gasteiger partial charge in [-0.3, -0.25) is 9.59 Å². The van der Waals surface area contributed by atoms with Crippen LogP contribution in [0, 0.1) is 0 Å². The average molecular weight is 406 g/mol. The fourth-order valence-corrected chi connectivity index (χ4v) is 3.67. The largest absolute Gasteiger partial charge is 0.479 e. The first kappa shape index (κ1) is 20.0. The van der Waals surface area contributed by atoms with Gasteiger partial charge in [0.25, 0.3) is 5.91 Å². The number of H-pyrrole nitrogens is 1. The molecule has 1 aliphatic rings. The first-order valence-electron chi connectivity index (χ1n) is 10.0. The second kappa shape index (κ2) is 8.20. The predicted molar refractivity (Wildman–Crippen MR) is 118 cm³/mol. The van der Waals surface area contributed by atoms with Crippen LogP contribution in [0.1, 0.15) is 12.5 Å². The Balaban J connectivity index is 1.52. The van der Waals surface area contributed by atoms with Gasteiger partial charge in [-0.25, -0.2) is 0 Å². The summed E-state index contributed by atoms with van der Waals surface area (Å²) in [4.78, 5) is 32.3. The SMILES string of the molecule is CC1Oc2ccc(NC(=O)Cc3c[nH]c4ccccc34)cc2N(CCN(C)C)C1=O. The lowest BCUT2D eigenvalue weighted by atomic mass is 10.1. The van der Waals surface area contributed by atoms with Gasteiger partial charge >= 0.3 is 0 Å². The van der Waals surface area contributed by atoms with Crippen molar-refractivity contribution in [2.45, 2.75) is 19.4 Å². The van der Waals surface area contributed by atoms with Gasteiger partial charge in [-0.2, -0.15) is 0 Å². The molecule has 30 heavy (non-hydrogen) atoms. The molecule has 7 nitrogen and oxygen atoms in total. The number of para-hydroxylation sites is 1. The number of aromatic amines is 1. The van der Waals surface area contributed by atoms with E-state index >= 15 is 0 Å². The summed E-state index contributed by atoms with van der Waals surface area (Å²) in [6.07, 6.45) is 1.60. The van der Waals surface area contributed by atoms with Crippen LogP contribution in [0.2, 0.25) is 0 Å². The summed E-state index contributed by atoms with van der Waals surface area (Å²) < 4.78 is 5.75. The number of likely N-dealkylation sites (N-methyl/N-ethyl adjacent to an activating group) is 1. The molecule has 0 saturated carbocycles. The molecule has 2 N–H and O–H groups in total. The van der Waals surface area contributed by atoms with Crippen LogP contribution in [0.15, 0.2) is 48.7 Å². The van der Waals surface area contributed by atoms with E-state index in [9.17, 15) is 9.59 Å². The Labute approximate surface area is 175 Å². The number of hydrogen-bond donors (Lipinski definition) is 2. The minimum atomic E-state index is -0.526. The lowest BCUT2D eigenvalue weighted by Gasteiger charge is -2.34. The highest BCUT2D eigenvalue weighted by molar-refractivity contribution is 6.01. The van der Waals surface area contributed by atoms with E-state index in [-0.39, 0.29) is 18.2 Å². The van der Waals surface area contributed by atoms with Crippen LogP contribution in [0.5, 0.6) is 5.75 Å². The summed E-state index contributed by atoms with van der Waals surface area (Å²) in [5.41, 5.74) is 3.28. The van der Waals surface area contributed by atoms with Gasteiger partial charge in [-0.15, -0.1) is 0 Å². The monoisotopic (exact) mass is 406 g/mol. The zero-order chi connectivity index (χ0) is 21.3. The third-order valence-corrected chi connectivity index (χ3v) is 5.25. The molecule has 0 aliphatic carbocycles. The summed E-state index contributed by atoms with van der Waals surface area (Å²) in [5, 5.41) is 3.99. The van der Waals surface area contributed by atoms with E-state index in [0.29, 0.717) is 23.7 Å². The van der Waals surface area contributed by atoms with Gasteiger partial charge in [0.05, 0.1) is 12.1 Å². The van der Waals surface area contributed by atoms with Gasteiger partial charge in [0.2, 0.25) is 5.91 Å². The fourth-order valence-electron chi connectivity index (χ4n) is 3.67. The molecule has 1 unspecified atom stereocenters. The third kappa shape index (κ3) is 4.02. The predicted octanol–water partition coefficient (Wildman–Crippen LogP) is 3.02. The van der Waals surface area contributed by atoms with Crippen molar-refractivity contribution in [2.75, 3.05) is 37.4 Å². The van der Waals surface area contributed by atoms with Gasteiger partial charge in [-0.05, 0) is 50.8 Å². The molecule has 0 radical (unpaired) electrons. The van der Waals surface area contributed by atoms with E-state index in [4.69, 9.17) is 4.74 Å². The van der Waals surface area contributed by atoms with Crippen LogP contribution in [0.25, 0.3) is 10.9 Å². The standard InChI is InChI=1S/C23H26N4O3/c1-15-23(29)27(11-10-26(2)3)20-13-17(8-9-21(20)30-15)25-22(28)12-16-14-24-19-7-5-4-6-18(16)19/h4-9,13-15,24H,10-12H2,1-3H3,(H,25,28). The molecule has 1 aliphatic heterocycles. The molecule has 156 valence electrons. The molecular formula is C23H26N4O3. The molecule has 4 rings (SSSR count). The molecule has 2 amide bonds. The van der Waals surface area contributed by atoms with E-state index < -0.39 is 6.10 Å². The Morgan fingerprint density at radius 2 is 2.03 bits per heavy atom. The van der Waals surface area contributed by atoms with Crippen molar-refractivity contribution in [3.8, 4) is 5.75 Å². The third-order valence-electron chi connectivity index (χ3n) is 5.25. The highest BCUT2D eigenvalue weighted by atomic mass is 16.5. The minimum absolute atomic E-state index is 0.0772. The Morgan fingerprint density at radius 1 is 1.23 bits per heavy atom. The molecule has 1 atom stereocenters. The second-order valence-corrected chi connectivity index (χ2v) is 7.82. The quantitative estimate of drug-likeness (QED) is 0.660. The number of benzene rings is 2. The number of ether oxygens (including phenoxy) is 1. The normalized spacial score (nSPS) is 15.9. The van der Waals surface area contributed by atoms with Gasteiger partial charge in [0.1, 0.15) is 5.75 Å². The summed E-state index contributed by atoms with van der Waals surface area (Å²) >= 11 is 0. The van der Waals surface area contributed by atoms with Crippen molar-refractivity contribution in [2.24, 2.45) is 0 Å². The summed E-state index contributed by atoms with van der Waals surface area (Å²) in [7, 11) is 3.94. The van der Waals surface area contributed by atoms with E-state index in [2.05, 4.69) is 10.3 Å². The fraction of sp³-hybridized carbons (Fsp3) is 0.304. The maximum atomic E-state index is 12.7. The van der Waals surface area contributed by atoms with Crippen molar-refractivity contribution in [3.05, 3.63) is 54.2 Å². The van der Waals surface area contributed by atoms with Crippen LogP contribution in [-0.4, -0.2) is 55.0 Å². The Bertz CT molecular complexity index is 1090. The molecule has 0 saturated heterocycles. The Kier molecular flexibility index (Phi) is 5.46. The molecule has 0 fully saturated rings. The van der Waals surface area contributed by atoms with Crippen LogP contribution < -0.4 is 15.0 Å². The lowest BCUT2D eigenvalue weighted by Crippen LogP contribution is -2.46. The number of hydrogen-bond acceptors (Lipinski definition) is 4. The molecule has 2 aromatic carbocycles. The van der Waals surface area contributed by atoms with Crippen molar-refractivity contribution >= 4 is 34.1 Å². The first-order chi connectivity index (χ1) is 14.4. The van der Waals surface area contributed by atoms with Crippen LogP contribution in [0.3, 0.4) is 0 Å². The summed E-state index contributed by atoms with van der Waals surface area (Å²) in [5.74, 6) is 0.457. The van der Waals surface area contributed by atoms with Crippen molar-refractivity contribution in [1.82, 2.24) is 9.88 Å². The molecule has 0 spiro atoms. The zero-order valence-electron chi connectivity index (χ0n) is 17.4. The maximum absolute atomic E-state index is 12.7. The van der Waals surface area contributed by atoms with Crippen LogP contribution in [0.4, 0.5) is 11.4 Å².